The second kappa shape index (κ2) is 10.3. The molecular formula is C24H30N6O3. The van der Waals surface area contributed by atoms with Crippen LogP contribution in [-0.2, 0) is 17.6 Å². The number of anilines is 1. The van der Waals surface area contributed by atoms with E-state index in [1.54, 1.807) is 7.11 Å². The third kappa shape index (κ3) is 5.60. The van der Waals surface area contributed by atoms with Crippen molar-refractivity contribution in [2.45, 2.75) is 38.8 Å². The summed E-state index contributed by atoms with van der Waals surface area (Å²) in [6.07, 6.45) is 0.942. The normalized spacial score (nSPS) is 16.2. The Morgan fingerprint density at radius 2 is 1.97 bits per heavy atom. The number of piperazine rings is 1. The number of nitrogens with zero attached hydrogens (tertiary/aromatic N) is 5. The molecule has 1 fully saturated rings. The van der Waals surface area contributed by atoms with Crippen LogP contribution in [0.4, 0.5) is 5.69 Å². The summed E-state index contributed by atoms with van der Waals surface area (Å²) in [6, 6.07) is 16.3. The summed E-state index contributed by atoms with van der Waals surface area (Å²) in [4.78, 5) is 17.4. The van der Waals surface area contributed by atoms with Crippen LogP contribution >= 0.6 is 0 Å². The van der Waals surface area contributed by atoms with Gasteiger partial charge in [-0.2, -0.15) is 5.21 Å². The molecule has 1 aliphatic rings. The van der Waals surface area contributed by atoms with Gasteiger partial charge in [-0.05, 0) is 38.0 Å². The molecule has 174 valence electrons. The van der Waals surface area contributed by atoms with Crippen LogP contribution in [0.15, 0.2) is 48.5 Å². The molecule has 2 heterocycles. The highest BCUT2D eigenvalue weighted by Gasteiger charge is 2.31. The Kier molecular flexibility index (Phi) is 7.07. The largest absolute Gasteiger partial charge is 0.493 e. The van der Waals surface area contributed by atoms with E-state index in [1.807, 2.05) is 55.1 Å². The fourth-order valence-electron chi connectivity index (χ4n) is 4.18. The van der Waals surface area contributed by atoms with Crippen LogP contribution in [0.3, 0.4) is 0 Å². The van der Waals surface area contributed by atoms with Gasteiger partial charge in [-0.1, -0.05) is 35.5 Å². The molecule has 1 saturated heterocycles. The van der Waals surface area contributed by atoms with Crippen LogP contribution in [0.2, 0.25) is 0 Å². The molecule has 0 unspecified atom stereocenters. The summed E-state index contributed by atoms with van der Waals surface area (Å²) >= 11 is 0. The molecule has 2 aromatic carbocycles. The van der Waals surface area contributed by atoms with Gasteiger partial charge in [0, 0.05) is 31.4 Å². The zero-order valence-corrected chi connectivity index (χ0v) is 19.3. The molecule has 0 radical (unpaired) electrons. The number of amides is 1. The molecule has 9 nitrogen and oxygen atoms in total. The molecule has 3 aromatic rings. The number of benzene rings is 2. The number of rotatable bonds is 8. The minimum Gasteiger partial charge on any atom is -0.493 e. The lowest BCUT2D eigenvalue weighted by molar-refractivity contribution is -0.133. The maximum absolute atomic E-state index is 13.1. The number of hydrogen-bond acceptors (Lipinski definition) is 7. The van der Waals surface area contributed by atoms with Gasteiger partial charge in [-0.15, -0.1) is 10.2 Å². The van der Waals surface area contributed by atoms with Gasteiger partial charge in [0.2, 0.25) is 5.91 Å². The first-order valence-corrected chi connectivity index (χ1v) is 11.2. The average Bonchev–Trinajstić information content (AvgIpc) is 3.32. The smallest absolute Gasteiger partial charge is 0.230 e. The highest BCUT2D eigenvalue weighted by Crippen LogP contribution is 2.33. The first-order valence-electron chi connectivity index (χ1n) is 11.2. The van der Waals surface area contributed by atoms with Crippen LogP contribution in [0, 0.1) is 0 Å². The van der Waals surface area contributed by atoms with Gasteiger partial charge in [0.25, 0.3) is 0 Å². The molecule has 0 saturated carbocycles. The van der Waals surface area contributed by atoms with E-state index >= 15 is 0 Å². The molecule has 1 aliphatic heterocycles. The van der Waals surface area contributed by atoms with E-state index in [4.69, 9.17) is 9.47 Å². The van der Waals surface area contributed by atoms with E-state index in [9.17, 15) is 4.79 Å². The van der Waals surface area contributed by atoms with Crippen molar-refractivity contribution in [2.75, 3.05) is 31.6 Å². The van der Waals surface area contributed by atoms with E-state index in [0.717, 1.165) is 24.4 Å². The number of nitrogens with one attached hydrogen (secondary N) is 1. The van der Waals surface area contributed by atoms with Gasteiger partial charge in [-0.3, -0.25) is 4.79 Å². The molecule has 1 aromatic heterocycles. The van der Waals surface area contributed by atoms with Gasteiger partial charge in [0.1, 0.15) is 0 Å². The van der Waals surface area contributed by atoms with Crippen LogP contribution in [-0.4, -0.2) is 70.3 Å². The van der Waals surface area contributed by atoms with Crippen molar-refractivity contribution < 1.29 is 14.3 Å². The first kappa shape index (κ1) is 22.6. The van der Waals surface area contributed by atoms with Crippen molar-refractivity contribution in [2.24, 2.45) is 0 Å². The second-order valence-corrected chi connectivity index (χ2v) is 8.38. The lowest BCUT2D eigenvalue weighted by atomic mass is 10.0. The second-order valence-electron chi connectivity index (χ2n) is 8.38. The highest BCUT2D eigenvalue weighted by molar-refractivity contribution is 5.78. The molecule has 0 bridgehead atoms. The van der Waals surface area contributed by atoms with Crippen LogP contribution in [0.1, 0.15) is 25.2 Å². The van der Waals surface area contributed by atoms with Crippen molar-refractivity contribution in [3.63, 3.8) is 0 Å². The quantitative estimate of drug-likeness (QED) is 0.563. The van der Waals surface area contributed by atoms with Crippen molar-refractivity contribution >= 4 is 11.6 Å². The Balaban J connectivity index is 1.56. The standard InChI is InChI=1S/C24H30N6O3/c1-17(2)33-22-14-19(9-10-21(22)32-3)29-11-12-30(24(31)15-23-25-27-28-26-23)20(16-29)13-18-7-5-4-6-8-18/h4-10,14,17,20H,11-13,15-16H2,1-3H3,(H,25,26,27,28)/t20-/m0/s1. The fourth-order valence-corrected chi connectivity index (χ4v) is 4.18. The fraction of sp³-hybridized carbons (Fsp3) is 0.417. The number of carbonyl (C=O) groups is 1. The Bertz CT molecular complexity index is 1040. The maximum atomic E-state index is 13.1. The molecule has 33 heavy (non-hydrogen) atoms. The summed E-state index contributed by atoms with van der Waals surface area (Å²) < 4.78 is 11.4. The number of methoxy groups -OCH3 is 1. The van der Waals surface area contributed by atoms with Crippen LogP contribution in [0.5, 0.6) is 11.5 Å². The lowest BCUT2D eigenvalue weighted by Gasteiger charge is -2.42. The van der Waals surface area contributed by atoms with Crippen LogP contribution in [0.25, 0.3) is 0 Å². The van der Waals surface area contributed by atoms with Crippen molar-refractivity contribution in [3.8, 4) is 11.5 Å². The van der Waals surface area contributed by atoms with Crippen molar-refractivity contribution in [1.82, 2.24) is 25.5 Å². The van der Waals surface area contributed by atoms with Crippen LogP contribution < -0.4 is 14.4 Å². The number of aromatic nitrogens is 4. The average molecular weight is 451 g/mol. The number of aromatic amines is 1. The number of hydrogen-bond donors (Lipinski definition) is 1. The molecule has 4 rings (SSSR count). The van der Waals surface area contributed by atoms with E-state index in [0.29, 0.717) is 24.7 Å². The minimum atomic E-state index is 0.00976. The van der Waals surface area contributed by atoms with Gasteiger partial charge >= 0.3 is 0 Å². The van der Waals surface area contributed by atoms with Gasteiger partial charge in [-0.25, -0.2) is 0 Å². The van der Waals surface area contributed by atoms with E-state index in [2.05, 4.69) is 37.7 Å². The number of carbonyl (C=O) groups excluding carboxylic acids is 1. The number of H-pyrrole nitrogens is 1. The Labute approximate surface area is 193 Å². The molecule has 1 atom stereocenters. The Morgan fingerprint density at radius 3 is 2.67 bits per heavy atom. The SMILES string of the molecule is COc1ccc(N2CCN(C(=O)Cc3nn[nH]n3)[C@@H](Cc3ccccc3)C2)cc1OC(C)C. The zero-order chi connectivity index (χ0) is 23.2. The molecular weight excluding hydrogens is 420 g/mol. The van der Waals surface area contributed by atoms with Crippen molar-refractivity contribution in [1.29, 1.82) is 0 Å². The molecule has 0 aliphatic carbocycles. The van der Waals surface area contributed by atoms with Gasteiger partial charge < -0.3 is 19.3 Å². The summed E-state index contributed by atoms with van der Waals surface area (Å²) in [5.41, 5.74) is 2.25. The zero-order valence-electron chi connectivity index (χ0n) is 19.3. The molecule has 1 N–H and O–H groups in total. The highest BCUT2D eigenvalue weighted by atomic mass is 16.5. The first-order chi connectivity index (χ1) is 16.0. The predicted octanol–water partition coefficient (Wildman–Crippen LogP) is 2.50. The third-order valence-corrected chi connectivity index (χ3v) is 5.69. The Hall–Kier alpha value is -3.62. The maximum Gasteiger partial charge on any atom is 0.230 e. The monoisotopic (exact) mass is 450 g/mol. The third-order valence-electron chi connectivity index (χ3n) is 5.69. The van der Waals surface area contributed by atoms with E-state index in [-0.39, 0.29) is 24.5 Å². The summed E-state index contributed by atoms with van der Waals surface area (Å²) in [5.74, 6) is 1.85. The Morgan fingerprint density at radius 1 is 1.15 bits per heavy atom. The lowest BCUT2D eigenvalue weighted by Crippen LogP contribution is -2.56. The molecule has 9 heteroatoms. The minimum absolute atomic E-state index is 0.00976. The van der Waals surface area contributed by atoms with Gasteiger partial charge in [0.15, 0.2) is 17.3 Å². The predicted molar refractivity (Wildman–Crippen MR) is 124 cm³/mol. The number of ether oxygens (including phenoxy) is 2. The van der Waals surface area contributed by atoms with Gasteiger partial charge in [0.05, 0.1) is 25.7 Å². The van der Waals surface area contributed by atoms with Crippen molar-refractivity contribution in [3.05, 3.63) is 59.9 Å². The number of tetrazole rings is 1. The summed E-state index contributed by atoms with van der Waals surface area (Å²) in [6.45, 7) is 6.03. The summed E-state index contributed by atoms with van der Waals surface area (Å²) in [5, 5.41) is 13.9. The molecule has 1 amide bonds. The van der Waals surface area contributed by atoms with E-state index < -0.39 is 0 Å². The van der Waals surface area contributed by atoms with E-state index in [1.165, 1.54) is 5.56 Å². The molecule has 0 spiro atoms. The topological polar surface area (TPSA) is 96.5 Å². The summed E-state index contributed by atoms with van der Waals surface area (Å²) in [7, 11) is 1.65.